The van der Waals surface area contributed by atoms with Gasteiger partial charge in [0.25, 0.3) is 0 Å². The lowest BCUT2D eigenvalue weighted by atomic mass is 9.81. The summed E-state index contributed by atoms with van der Waals surface area (Å²) in [6.07, 6.45) is 8.43. The largest absolute Gasteiger partial charge is 0.341 e. The zero-order valence-electron chi connectivity index (χ0n) is 14.1. The lowest BCUT2D eigenvalue weighted by Gasteiger charge is -2.38. The van der Waals surface area contributed by atoms with Gasteiger partial charge in [0, 0.05) is 48.4 Å². The van der Waals surface area contributed by atoms with Crippen LogP contribution in [0.2, 0.25) is 0 Å². The lowest BCUT2D eigenvalue weighted by Crippen LogP contribution is -2.45. The van der Waals surface area contributed by atoms with Crippen LogP contribution in [0, 0.1) is 6.92 Å². The highest BCUT2D eigenvalue weighted by Gasteiger charge is 2.35. The Labute approximate surface area is 141 Å². The van der Waals surface area contributed by atoms with E-state index in [-0.39, 0.29) is 11.3 Å². The van der Waals surface area contributed by atoms with Crippen molar-refractivity contribution in [3.8, 4) is 0 Å². The van der Waals surface area contributed by atoms with Crippen molar-refractivity contribution in [1.82, 2.24) is 19.4 Å². The molecule has 0 unspecified atom stereocenters. The maximum Gasteiger partial charge on any atom is 0.242 e. The number of thiazole rings is 1. The molecule has 124 valence electrons. The number of imidazole rings is 1. The Kier molecular flexibility index (Phi) is 4.53. The van der Waals surface area contributed by atoms with Gasteiger partial charge in [-0.3, -0.25) is 4.79 Å². The second-order valence-corrected chi connectivity index (χ2v) is 7.78. The van der Waals surface area contributed by atoms with Gasteiger partial charge in [-0.15, -0.1) is 11.3 Å². The molecule has 0 aliphatic carbocycles. The number of likely N-dealkylation sites (tertiary alicyclic amines) is 1. The van der Waals surface area contributed by atoms with E-state index in [9.17, 15) is 4.79 Å². The van der Waals surface area contributed by atoms with Gasteiger partial charge in [0.15, 0.2) is 0 Å². The van der Waals surface area contributed by atoms with E-state index in [4.69, 9.17) is 0 Å². The Balaban J connectivity index is 1.61. The number of amides is 1. The molecule has 0 atom stereocenters. The molecular formula is C17H24N4OS. The number of aryl methyl sites for hydroxylation is 2. The molecule has 0 bridgehead atoms. The second kappa shape index (κ2) is 6.43. The summed E-state index contributed by atoms with van der Waals surface area (Å²) in [4.78, 5) is 24.6. The zero-order valence-corrected chi connectivity index (χ0v) is 14.9. The van der Waals surface area contributed by atoms with Crippen molar-refractivity contribution in [2.75, 3.05) is 13.1 Å². The molecule has 0 spiro atoms. The molecule has 1 saturated heterocycles. The summed E-state index contributed by atoms with van der Waals surface area (Å²) in [5, 5.41) is 1.21. The number of hydrogen-bond acceptors (Lipinski definition) is 4. The van der Waals surface area contributed by atoms with Crippen LogP contribution in [0.1, 0.15) is 42.4 Å². The lowest BCUT2D eigenvalue weighted by molar-refractivity contribution is -0.133. The van der Waals surface area contributed by atoms with Crippen LogP contribution in [0.5, 0.6) is 0 Å². The zero-order chi connectivity index (χ0) is 16.4. The van der Waals surface area contributed by atoms with Gasteiger partial charge in [-0.2, -0.15) is 0 Å². The molecule has 2 aromatic heterocycles. The van der Waals surface area contributed by atoms with E-state index in [1.54, 1.807) is 17.5 Å². The first-order valence-electron chi connectivity index (χ1n) is 8.22. The van der Waals surface area contributed by atoms with Crippen LogP contribution < -0.4 is 0 Å². The van der Waals surface area contributed by atoms with E-state index in [0.717, 1.165) is 38.2 Å². The minimum atomic E-state index is 0.110. The maximum atomic E-state index is 12.5. The molecule has 1 amide bonds. The third-order valence-corrected chi connectivity index (χ3v) is 6.00. The normalized spacial score (nSPS) is 17.4. The Morgan fingerprint density at radius 2 is 2.09 bits per heavy atom. The molecule has 0 aromatic carbocycles. The van der Waals surface area contributed by atoms with Gasteiger partial charge in [0.2, 0.25) is 5.91 Å². The molecule has 1 aliphatic rings. The van der Waals surface area contributed by atoms with Gasteiger partial charge in [0.1, 0.15) is 12.4 Å². The van der Waals surface area contributed by atoms with Crippen LogP contribution in [0.4, 0.5) is 0 Å². The second-order valence-electron chi connectivity index (χ2n) is 6.54. The predicted molar refractivity (Wildman–Crippen MR) is 91.6 cm³/mol. The average molecular weight is 332 g/mol. The van der Waals surface area contributed by atoms with Gasteiger partial charge in [-0.25, -0.2) is 9.97 Å². The molecule has 5 nitrogen and oxygen atoms in total. The Bertz CT molecular complexity index is 682. The van der Waals surface area contributed by atoms with E-state index in [0.29, 0.717) is 6.54 Å². The van der Waals surface area contributed by atoms with Crippen molar-refractivity contribution in [3.63, 3.8) is 0 Å². The van der Waals surface area contributed by atoms with Crippen molar-refractivity contribution in [3.05, 3.63) is 34.3 Å². The van der Waals surface area contributed by atoms with Crippen molar-refractivity contribution >= 4 is 17.2 Å². The Hall–Kier alpha value is -1.69. The van der Waals surface area contributed by atoms with Crippen molar-refractivity contribution in [1.29, 1.82) is 0 Å². The first-order chi connectivity index (χ1) is 11.0. The Morgan fingerprint density at radius 1 is 1.35 bits per heavy atom. The van der Waals surface area contributed by atoms with Crippen LogP contribution in [0.3, 0.4) is 0 Å². The minimum Gasteiger partial charge on any atom is -0.341 e. The van der Waals surface area contributed by atoms with Gasteiger partial charge >= 0.3 is 0 Å². The minimum absolute atomic E-state index is 0.110. The molecule has 3 rings (SSSR count). The topological polar surface area (TPSA) is 51.0 Å². The predicted octanol–water partition coefficient (Wildman–Crippen LogP) is 2.79. The molecule has 23 heavy (non-hydrogen) atoms. The molecule has 0 saturated carbocycles. The number of rotatable bonds is 4. The van der Waals surface area contributed by atoms with E-state index in [1.807, 2.05) is 21.9 Å². The fourth-order valence-corrected chi connectivity index (χ4v) is 4.11. The summed E-state index contributed by atoms with van der Waals surface area (Å²) in [7, 11) is 0. The monoisotopic (exact) mass is 332 g/mol. The molecule has 2 aromatic rings. The van der Waals surface area contributed by atoms with E-state index >= 15 is 0 Å². The molecule has 1 fully saturated rings. The molecule has 6 heteroatoms. The highest BCUT2D eigenvalue weighted by molar-refractivity contribution is 7.11. The summed E-state index contributed by atoms with van der Waals surface area (Å²) >= 11 is 1.78. The summed E-state index contributed by atoms with van der Waals surface area (Å²) in [6, 6.07) is 0. The maximum absolute atomic E-state index is 12.5. The molecule has 1 aliphatic heterocycles. The van der Waals surface area contributed by atoms with Crippen LogP contribution in [-0.2, 0) is 23.2 Å². The number of carbonyl (C=O) groups is 1. The molecular weight excluding hydrogens is 308 g/mol. The first-order valence-corrected chi connectivity index (χ1v) is 9.04. The van der Waals surface area contributed by atoms with Crippen LogP contribution in [0.25, 0.3) is 0 Å². The number of nitrogens with zero attached hydrogens (tertiary/aromatic N) is 4. The van der Waals surface area contributed by atoms with Gasteiger partial charge < -0.3 is 9.47 Å². The fourth-order valence-electron chi connectivity index (χ4n) is 3.14. The van der Waals surface area contributed by atoms with Gasteiger partial charge in [0.05, 0.1) is 5.01 Å². The van der Waals surface area contributed by atoms with Crippen LogP contribution in [-0.4, -0.2) is 38.4 Å². The van der Waals surface area contributed by atoms with Crippen LogP contribution in [0.15, 0.2) is 18.6 Å². The fraction of sp³-hybridized carbons (Fsp3) is 0.588. The number of aromatic nitrogens is 3. The summed E-state index contributed by atoms with van der Waals surface area (Å²) in [6.45, 7) is 8.45. The molecule has 3 heterocycles. The van der Waals surface area contributed by atoms with Crippen molar-refractivity contribution in [2.24, 2.45) is 0 Å². The highest BCUT2D eigenvalue weighted by Crippen LogP contribution is 2.37. The molecule has 0 radical (unpaired) electrons. The SMILES string of the molecule is CCc1nccn1CC(=O)N1CCC(C)(c2ncc(C)s2)CC1. The average Bonchev–Trinajstić information content (AvgIpc) is 3.17. The third kappa shape index (κ3) is 3.32. The van der Waals surface area contributed by atoms with Gasteiger partial charge in [-0.1, -0.05) is 13.8 Å². The smallest absolute Gasteiger partial charge is 0.242 e. The number of piperidine rings is 1. The van der Waals surface area contributed by atoms with E-state index in [1.165, 1.54) is 9.88 Å². The van der Waals surface area contributed by atoms with Crippen LogP contribution >= 0.6 is 11.3 Å². The number of carbonyl (C=O) groups excluding carboxylic acids is 1. The Morgan fingerprint density at radius 3 is 2.70 bits per heavy atom. The van der Waals surface area contributed by atoms with Gasteiger partial charge in [-0.05, 0) is 19.8 Å². The quantitative estimate of drug-likeness (QED) is 0.865. The van der Waals surface area contributed by atoms with E-state index in [2.05, 4.69) is 30.7 Å². The third-order valence-electron chi connectivity index (χ3n) is 4.78. The summed E-state index contributed by atoms with van der Waals surface area (Å²) < 4.78 is 1.96. The highest BCUT2D eigenvalue weighted by atomic mass is 32.1. The summed E-state index contributed by atoms with van der Waals surface area (Å²) in [5.41, 5.74) is 0.110. The van der Waals surface area contributed by atoms with E-state index < -0.39 is 0 Å². The number of hydrogen-bond donors (Lipinski definition) is 0. The van der Waals surface area contributed by atoms with Crippen molar-refractivity contribution in [2.45, 2.75) is 52.0 Å². The standard InChI is InChI=1S/C17H24N4OS/c1-4-14-18-7-10-21(14)12-15(22)20-8-5-17(3,6-9-20)16-19-11-13(2)23-16/h7,10-11H,4-6,8-9,12H2,1-3H3. The molecule has 0 N–H and O–H groups in total. The summed E-state index contributed by atoms with van der Waals surface area (Å²) in [5.74, 6) is 1.16. The van der Waals surface area contributed by atoms with Crippen molar-refractivity contribution < 1.29 is 4.79 Å². The first kappa shape index (κ1) is 16.2.